The molecule has 1 fully saturated rings. The minimum Gasteiger partial charge on any atom is -0.399 e. The zero-order valence-electron chi connectivity index (χ0n) is 12.9. The maximum Gasteiger partial charge on any atom is 0.229 e. The second kappa shape index (κ2) is 5.86. The van der Waals surface area contributed by atoms with Crippen LogP contribution in [0.25, 0.3) is 0 Å². The summed E-state index contributed by atoms with van der Waals surface area (Å²) in [6.45, 7) is 8.32. The van der Waals surface area contributed by atoms with Crippen LogP contribution in [0.1, 0.15) is 51.5 Å². The van der Waals surface area contributed by atoms with Crippen molar-refractivity contribution in [3.05, 3.63) is 29.8 Å². The maximum atomic E-state index is 12.6. The number of carbonyl (C=O) groups excluding carboxylic acids is 1. The first-order chi connectivity index (χ1) is 9.45. The van der Waals surface area contributed by atoms with Crippen LogP contribution in [-0.2, 0) is 4.79 Å². The summed E-state index contributed by atoms with van der Waals surface area (Å²) in [7, 11) is 0. The fourth-order valence-electron chi connectivity index (χ4n) is 2.87. The van der Waals surface area contributed by atoms with Crippen LogP contribution in [0.2, 0.25) is 0 Å². The third-order valence-corrected chi connectivity index (χ3v) is 4.92. The Bertz CT molecular complexity index is 476. The van der Waals surface area contributed by atoms with Crippen molar-refractivity contribution in [1.82, 2.24) is 4.90 Å². The average molecular weight is 274 g/mol. The first kappa shape index (κ1) is 14.9. The molecule has 0 spiro atoms. The number of benzene rings is 1. The molecular formula is C17H26N2O. The fraction of sp³-hybridized carbons (Fsp3) is 0.588. The summed E-state index contributed by atoms with van der Waals surface area (Å²) in [4.78, 5) is 14.6. The number of hydrogen-bond donors (Lipinski definition) is 1. The summed E-state index contributed by atoms with van der Waals surface area (Å²) >= 11 is 0. The van der Waals surface area contributed by atoms with Crippen LogP contribution in [0.3, 0.4) is 0 Å². The molecule has 1 aliphatic heterocycles. The van der Waals surface area contributed by atoms with Gasteiger partial charge in [-0.2, -0.15) is 0 Å². The van der Waals surface area contributed by atoms with Crippen LogP contribution in [0.4, 0.5) is 5.69 Å². The van der Waals surface area contributed by atoms with Gasteiger partial charge in [-0.05, 0) is 42.9 Å². The van der Waals surface area contributed by atoms with Gasteiger partial charge in [0, 0.05) is 18.8 Å². The van der Waals surface area contributed by atoms with E-state index in [9.17, 15) is 4.79 Å². The van der Waals surface area contributed by atoms with Crippen LogP contribution < -0.4 is 5.73 Å². The number of hydrogen-bond acceptors (Lipinski definition) is 2. The number of anilines is 1. The molecule has 3 heteroatoms. The molecule has 20 heavy (non-hydrogen) atoms. The van der Waals surface area contributed by atoms with Gasteiger partial charge in [0.25, 0.3) is 0 Å². The smallest absolute Gasteiger partial charge is 0.229 e. The Morgan fingerprint density at radius 2 is 2.05 bits per heavy atom. The highest BCUT2D eigenvalue weighted by Gasteiger charge is 2.32. The minimum absolute atomic E-state index is 0.107. The van der Waals surface area contributed by atoms with E-state index in [0.717, 1.165) is 37.2 Å². The third-order valence-electron chi connectivity index (χ3n) is 4.92. The Kier molecular flexibility index (Phi) is 4.36. The number of amides is 1. The molecular weight excluding hydrogens is 248 g/mol. The van der Waals surface area contributed by atoms with Gasteiger partial charge in [-0.1, -0.05) is 32.4 Å². The zero-order chi connectivity index (χ0) is 14.8. The SMILES string of the molecule is CCC1(C)CCN(C(=O)C(C)c2cccc(N)c2)CC1. The lowest BCUT2D eigenvalue weighted by molar-refractivity contribution is -0.134. The molecule has 2 N–H and O–H groups in total. The number of nitrogens with two attached hydrogens (primary N) is 1. The van der Waals surface area contributed by atoms with E-state index < -0.39 is 0 Å². The summed E-state index contributed by atoms with van der Waals surface area (Å²) in [6, 6.07) is 7.66. The highest BCUT2D eigenvalue weighted by molar-refractivity contribution is 5.83. The van der Waals surface area contributed by atoms with Gasteiger partial charge in [0.15, 0.2) is 0 Å². The van der Waals surface area contributed by atoms with E-state index in [1.165, 1.54) is 6.42 Å². The van der Waals surface area contributed by atoms with Crippen LogP contribution in [0.5, 0.6) is 0 Å². The van der Waals surface area contributed by atoms with E-state index in [-0.39, 0.29) is 11.8 Å². The average Bonchev–Trinajstić information content (AvgIpc) is 2.46. The molecule has 1 saturated heterocycles. The molecule has 1 heterocycles. The van der Waals surface area contributed by atoms with E-state index in [4.69, 9.17) is 5.73 Å². The van der Waals surface area contributed by atoms with Crippen molar-refractivity contribution in [1.29, 1.82) is 0 Å². The van der Waals surface area contributed by atoms with E-state index in [2.05, 4.69) is 13.8 Å². The van der Waals surface area contributed by atoms with Crippen LogP contribution >= 0.6 is 0 Å². The number of nitrogen functional groups attached to an aromatic ring is 1. The van der Waals surface area contributed by atoms with E-state index in [1.807, 2.05) is 36.1 Å². The molecule has 0 aromatic heterocycles. The number of piperidine rings is 1. The monoisotopic (exact) mass is 274 g/mol. The first-order valence-electron chi connectivity index (χ1n) is 7.59. The van der Waals surface area contributed by atoms with Gasteiger partial charge in [-0.25, -0.2) is 0 Å². The number of nitrogens with zero attached hydrogens (tertiary/aromatic N) is 1. The summed E-state index contributed by atoms with van der Waals surface area (Å²) in [6.07, 6.45) is 3.41. The van der Waals surface area contributed by atoms with Crippen molar-refractivity contribution >= 4 is 11.6 Å². The van der Waals surface area contributed by atoms with Gasteiger partial charge in [-0.15, -0.1) is 0 Å². The number of carbonyl (C=O) groups is 1. The predicted molar refractivity (Wildman–Crippen MR) is 83.5 cm³/mol. The molecule has 0 radical (unpaired) electrons. The molecule has 0 bridgehead atoms. The zero-order valence-corrected chi connectivity index (χ0v) is 12.9. The van der Waals surface area contributed by atoms with Crippen molar-refractivity contribution < 1.29 is 4.79 Å². The highest BCUT2D eigenvalue weighted by Crippen LogP contribution is 2.35. The molecule has 0 aliphatic carbocycles. The van der Waals surface area contributed by atoms with Crippen molar-refractivity contribution in [2.75, 3.05) is 18.8 Å². The lowest BCUT2D eigenvalue weighted by Crippen LogP contribution is -2.43. The van der Waals surface area contributed by atoms with Crippen molar-refractivity contribution in [2.24, 2.45) is 5.41 Å². The van der Waals surface area contributed by atoms with Crippen LogP contribution in [-0.4, -0.2) is 23.9 Å². The maximum absolute atomic E-state index is 12.6. The lowest BCUT2D eigenvalue weighted by atomic mass is 9.78. The van der Waals surface area contributed by atoms with Crippen molar-refractivity contribution in [3.8, 4) is 0 Å². The Hall–Kier alpha value is -1.51. The Labute approximate surface area is 122 Å². The van der Waals surface area contributed by atoms with Gasteiger partial charge in [0.2, 0.25) is 5.91 Å². The molecule has 1 amide bonds. The molecule has 0 saturated carbocycles. The number of rotatable bonds is 3. The Balaban J connectivity index is 2.02. The lowest BCUT2D eigenvalue weighted by Gasteiger charge is -2.39. The van der Waals surface area contributed by atoms with Gasteiger partial charge in [0.1, 0.15) is 0 Å². The topological polar surface area (TPSA) is 46.3 Å². The second-order valence-electron chi connectivity index (χ2n) is 6.38. The second-order valence-corrected chi connectivity index (χ2v) is 6.38. The van der Waals surface area contributed by atoms with E-state index in [1.54, 1.807) is 0 Å². The quantitative estimate of drug-likeness (QED) is 0.859. The molecule has 3 nitrogen and oxygen atoms in total. The molecule has 1 atom stereocenters. The fourth-order valence-corrected chi connectivity index (χ4v) is 2.87. The Morgan fingerprint density at radius 3 is 2.60 bits per heavy atom. The molecule has 1 aliphatic rings. The summed E-state index contributed by atoms with van der Waals surface area (Å²) in [5.74, 6) is 0.123. The Morgan fingerprint density at radius 1 is 1.40 bits per heavy atom. The van der Waals surface area contributed by atoms with Crippen molar-refractivity contribution in [2.45, 2.75) is 46.0 Å². The van der Waals surface area contributed by atoms with Crippen LogP contribution in [0, 0.1) is 5.41 Å². The van der Waals surface area contributed by atoms with Gasteiger partial charge in [0.05, 0.1) is 5.92 Å². The summed E-state index contributed by atoms with van der Waals surface area (Å²) in [5.41, 5.74) is 7.95. The standard InChI is InChI=1S/C17H26N2O/c1-4-17(3)8-10-19(11-9-17)16(20)13(2)14-6-5-7-15(18)12-14/h5-7,12-13H,4,8-11,18H2,1-3H3. The highest BCUT2D eigenvalue weighted by atomic mass is 16.2. The minimum atomic E-state index is -0.107. The predicted octanol–water partition coefficient (Wildman–Crippen LogP) is 3.41. The first-order valence-corrected chi connectivity index (χ1v) is 7.59. The van der Waals surface area contributed by atoms with E-state index >= 15 is 0 Å². The van der Waals surface area contributed by atoms with Gasteiger partial charge in [-0.3, -0.25) is 4.79 Å². The molecule has 1 unspecified atom stereocenters. The molecule has 2 rings (SSSR count). The van der Waals surface area contributed by atoms with Gasteiger partial charge < -0.3 is 10.6 Å². The molecule has 1 aromatic carbocycles. The third kappa shape index (κ3) is 3.14. The molecule has 110 valence electrons. The number of likely N-dealkylation sites (tertiary alicyclic amines) is 1. The normalized spacial score (nSPS) is 19.6. The summed E-state index contributed by atoms with van der Waals surface area (Å²) < 4.78 is 0. The molecule has 1 aromatic rings. The van der Waals surface area contributed by atoms with Crippen LogP contribution in [0.15, 0.2) is 24.3 Å². The summed E-state index contributed by atoms with van der Waals surface area (Å²) in [5, 5.41) is 0. The largest absolute Gasteiger partial charge is 0.399 e. The van der Waals surface area contributed by atoms with Crippen molar-refractivity contribution in [3.63, 3.8) is 0 Å². The van der Waals surface area contributed by atoms with Gasteiger partial charge >= 0.3 is 0 Å². The van der Waals surface area contributed by atoms with E-state index in [0.29, 0.717) is 5.41 Å².